The number of anilines is 2. The van der Waals surface area contributed by atoms with Crippen LogP contribution in [0.4, 0.5) is 20.6 Å². The van der Waals surface area contributed by atoms with Crippen LogP contribution in [0, 0.1) is 5.82 Å². The highest BCUT2D eigenvalue weighted by Crippen LogP contribution is 2.28. The van der Waals surface area contributed by atoms with Crippen molar-refractivity contribution in [3.63, 3.8) is 0 Å². The Morgan fingerprint density at radius 3 is 2.45 bits per heavy atom. The summed E-state index contributed by atoms with van der Waals surface area (Å²) in [6.45, 7) is 0. The molecule has 10 heteroatoms. The molecule has 0 atom stereocenters. The largest absolute Gasteiger partial charge is 0.465 e. The van der Waals surface area contributed by atoms with Gasteiger partial charge in [0.1, 0.15) is 17.2 Å². The highest BCUT2D eigenvalue weighted by atomic mass is 35.5. The van der Waals surface area contributed by atoms with E-state index in [0.29, 0.717) is 16.3 Å². The third-order valence-electron chi connectivity index (χ3n) is 4.57. The van der Waals surface area contributed by atoms with Gasteiger partial charge in [0, 0.05) is 29.5 Å². The van der Waals surface area contributed by atoms with Crippen LogP contribution in [-0.4, -0.2) is 38.5 Å². The van der Waals surface area contributed by atoms with Gasteiger partial charge >= 0.3 is 6.09 Å². The van der Waals surface area contributed by atoms with Crippen molar-refractivity contribution >= 4 is 40.8 Å². The van der Waals surface area contributed by atoms with E-state index < -0.39 is 17.8 Å². The van der Waals surface area contributed by atoms with Gasteiger partial charge in [-0.05, 0) is 48.5 Å². The second-order valence-corrected chi connectivity index (χ2v) is 7.04. The number of nitrogens with zero attached hydrogens (tertiary/aromatic N) is 4. The molecule has 0 spiro atoms. The molecule has 0 bridgehead atoms. The predicted molar refractivity (Wildman–Crippen MR) is 114 cm³/mol. The van der Waals surface area contributed by atoms with Crippen molar-refractivity contribution in [2.24, 2.45) is 0 Å². The second-order valence-electron chi connectivity index (χ2n) is 6.60. The van der Waals surface area contributed by atoms with Gasteiger partial charge in [0.2, 0.25) is 5.78 Å². The Hall–Kier alpha value is -3.98. The van der Waals surface area contributed by atoms with Crippen LogP contribution in [0.2, 0.25) is 5.02 Å². The van der Waals surface area contributed by atoms with Crippen molar-refractivity contribution in [1.29, 1.82) is 0 Å². The predicted octanol–water partition coefficient (Wildman–Crippen LogP) is 4.56. The number of carbonyl (C=O) groups is 2. The van der Waals surface area contributed by atoms with Crippen molar-refractivity contribution < 1.29 is 19.1 Å². The first kappa shape index (κ1) is 20.3. The van der Waals surface area contributed by atoms with Gasteiger partial charge < -0.3 is 10.0 Å². The molecule has 0 fully saturated rings. The molecule has 2 aromatic carbocycles. The molecule has 8 nitrogen and oxygen atoms in total. The Balaban J connectivity index is 1.89. The van der Waals surface area contributed by atoms with Crippen LogP contribution in [0.15, 0.2) is 60.9 Å². The van der Waals surface area contributed by atoms with E-state index in [-0.39, 0.29) is 22.9 Å². The summed E-state index contributed by atoms with van der Waals surface area (Å²) in [4.78, 5) is 34.5. The number of nitrogens with one attached hydrogen (secondary N) is 1. The van der Waals surface area contributed by atoms with E-state index in [1.54, 1.807) is 31.3 Å². The minimum Gasteiger partial charge on any atom is -0.465 e. The third kappa shape index (κ3) is 4.03. The Bertz CT molecular complexity index is 1290. The number of aromatic nitrogens is 3. The van der Waals surface area contributed by atoms with E-state index >= 15 is 0 Å². The summed E-state index contributed by atoms with van der Waals surface area (Å²) in [5, 5.41) is 11.7. The molecule has 0 saturated carbocycles. The average molecular weight is 440 g/mol. The minimum absolute atomic E-state index is 0.139. The number of fused-ring (bicyclic) bond motifs is 1. The molecule has 0 radical (unpaired) electrons. The van der Waals surface area contributed by atoms with Crippen LogP contribution in [0.3, 0.4) is 0 Å². The maximum absolute atomic E-state index is 13.5. The number of carbonyl (C=O) groups excluding carboxylic acids is 1. The first-order valence-corrected chi connectivity index (χ1v) is 9.39. The number of amides is 2. The normalized spacial score (nSPS) is 10.8. The summed E-state index contributed by atoms with van der Waals surface area (Å²) in [6, 6.07) is 12.2. The van der Waals surface area contributed by atoms with Crippen LogP contribution < -0.4 is 10.2 Å². The lowest BCUT2D eigenvalue weighted by Crippen LogP contribution is -2.28. The van der Waals surface area contributed by atoms with Crippen molar-refractivity contribution in [2.45, 2.75) is 0 Å². The van der Waals surface area contributed by atoms with Gasteiger partial charge in [-0.2, -0.15) is 0 Å². The van der Waals surface area contributed by atoms with Crippen LogP contribution in [0.1, 0.15) is 10.5 Å². The highest BCUT2D eigenvalue weighted by Gasteiger charge is 2.25. The highest BCUT2D eigenvalue weighted by molar-refractivity contribution is 6.30. The van der Waals surface area contributed by atoms with Gasteiger partial charge in [-0.15, -0.1) is 0 Å². The Kier molecular flexibility index (Phi) is 5.26. The van der Waals surface area contributed by atoms with Gasteiger partial charge in [0.25, 0.3) is 5.91 Å². The van der Waals surface area contributed by atoms with E-state index in [1.165, 1.54) is 46.0 Å². The molecule has 0 aliphatic heterocycles. The molecule has 31 heavy (non-hydrogen) atoms. The number of hydrogen-bond acceptors (Lipinski definition) is 4. The maximum Gasteiger partial charge on any atom is 0.409 e. The zero-order valence-corrected chi connectivity index (χ0v) is 16.8. The molecule has 4 rings (SSSR count). The molecule has 0 unspecified atom stereocenters. The lowest BCUT2D eigenvalue weighted by molar-refractivity contribution is 0.0988. The lowest BCUT2D eigenvalue weighted by Gasteiger charge is -2.18. The van der Waals surface area contributed by atoms with Crippen molar-refractivity contribution in [3.05, 3.63) is 77.5 Å². The first-order chi connectivity index (χ1) is 14.8. The number of rotatable bonds is 4. The SMILES string of the molecule is CN(C(=O)c1c(-c2ccc(F)cc2)nc2ncc(NC(=O)O)cn12)c1ccc(Cl)cc1. The summed E-state index contributed by atoms with van der Waals surface area (Å²) in [5.74, 6) is -0.670. The smallest absolute Gasteiger partial charge is 0.409 e. The summed E-state index contributed by atoms with van der Waals surface area (Å²) in [7, 11) is 1.59. The molecule has 2 heterocycles. The fourth-order valence-electron chi connectivity index (χ4n) is 3.08. The molecular formula is C21H15ClFN5O3. The average Bonchev–Trinajstić information content (AvgIpc) is 3.12. The fourth-order valence-corrected chi connectivity index (χ4v) is 3.20. The maximum atomic E-state index is 13.5. The van der Waals surface area contributed by atoms with E-state index in [4.69, 9.17) is 16.7 Å². The van der Waals surface area contributed by atoms with Gasteiger partial charge in [0.05, 0.1) is 11.9 Å². The van der Waals surface area contributed by atoms with Gasteiger partial charge in [0.15, 0.2) is 0 Å². The molecule has 0 aliphatic rings. The number of benzene rings is 2. The van der Waals surface area contributed by atoms with Gasteiger partial charge in [-0.3, -0.25) is 14.5 Å². The van der Waals surface area contributed by atoms with Crippen molar-refractivity contribution in [3.8, 4) is 11.3 Å². The standard InChI is InChI=1S/C21H15ClFN5O3/c1-27(16-8-4-13(22)5-9-16)19(29)18-17(12-2-6-14(23)7-3-12)26-20-24-10-15(11-28(18)20)25-21(30)31/h2-11,25H,1H3,(H,30,31). The fraction of sp³-hybridized carbons (Fsp3) is 0.0476. The zero-order chi connectivity index (χ0) is 22.1. The Labute approximate surface area is 180 Å². The molecular weight excluding hydrogens is 425 g/mol. The van der Waals surface area contributed by atoms with E-state index in [2.05, 4.69) is 15.3 Å². The minimum atomic E-state index is -1.27. The Morgan fingerprint density at radius 1 is 1.13 bits per heavy atom. The van der Waals surface area contributed by atoms with Crippen LogP contribution in [-0.2, 0) is 0 Å². The summed E-state index contributed by atoms with van der Waals surface area (Å²) < 4.78 is 14.8. The Morgan fingerprint density at radius 2 is 1.81 bits per heavy atom. The topological polar surface area (TPSA) is 99.8 Å². The monoisotopic (exact) mass is 439 g/mol. The molecule has 4 aromatic rings. The van der Waals surface area contributed by atoms with E-state index in [0.717, 1.165) is 0 Å². The second kappa shape index (κ2) is 8.04. The number of carboxylic acid groups (broad SMARTS) is 1. The third-order valence-corrected chi connectivity index (χ3v) is 4.82. The van der Waals surface area contributed by atoms with Crippen molar-refractivity contribution in [2.75, 3.05) is 17.3 Å². The first-order valence-electron chi connectivity index (χ1n) is 9.01. The zero-order valence-electron chi connectivity index (χ0n) is 16.1. The molecule has 0 saturated heterocycles. The summed E-state index contributed by atoms with van der Waals surface area (Å²) >= 11 is 5.94. The van der Waals surface area contributed by atoms with Crippen LogP contribution >= 0.6 is 11.6 Å². The molecule has 2 aromatic heterocycles. The lowest BCUT2D eigenvalue weighted by atomic mass is 10.1. The molecule has 2 N–H and O–H groups in total. The number of hydrogen-bond donors (Lipinski definition) is 2. The molecule has 0 aliphatic carbocycles. The van der Waals surface area contributed by atoms with Crippen LogP contribution in [0.25, 0.3) is 17.0 Å². The van der Waals surface area contributed by atoms with Gasteiger partial charge in [-0.25, -0.2) is 19.2 Å². The van der Waals surface area contributed by atoms with Crippen LogP contribution in [0.5, 0.6) is 0 Å². The molecule has 156 valence electrons. The van der Waals surface area contributed by atoms with E-state index in [9.17, 15) is 14.0 Å². The van der Waals surface area contributed by atoms with Gasteiger partial charge in [-0.1, -0.05) is 11.6 Å². The number of imidazole rings is 1. The quantitative estimate of drug-likeness (QED) is 0.485. The molecule has 2 amide bonds. The number of halogens is 2. The van der Waals surface area contributed by atoms with E-state index in [1.807, 2.05) is 0 Å². The van der Waals surface area contributed by atoms with Crippen molar-refractivity contribution in [1.82, 2.24) is 14.4 Å². The summed E-state index contributed by atoms with van der Waals surface area (Å²) in [5.41, 5.74) is 1.67. The summed E-state index contributed by atoms with van der Waals surface area (Å²) in [6.07, 6.45) is 1.44.